The number of rotatable bonds is 3. The maximum atomic E-state index is 9.26. The first-order chi connectivity index (χ1) is 6.90. The van der Waals surface area contributed by atoms with E-state index in [0.717, 1.165) is 19.6 Å². The van der Waals surface area contributed by atoms with Gasteiger partial charge in [-0.05, 0) is 25.2 Å². The Morgan fingerprint density at radius 1 is 1.21 bits per heavy atom. The summed E-state index contributed by atoms with van der Waals surface area (Å²) in [7, 11) is 0. The molecule has 2 fully saturated rings. The highest BCUT2D eigenvalue weighted by atomic mass is 16.5. The van der Waals surface area contributed by atoms with Gasteiger partial charge in [0.2, 0.25) is 0 Å². The maximum absolute atomic E-state index is 9.26. The Morgan fingerprint density at radius 3 is 2.79 bits per heavy atom. The van der Waals surface area contributed by atoms with Crippen LogP contribution in [0.1, 0.15) is 32.1 Å². The minimum Gasteiger partial charge on any atom is -0.396 e. The number of aliphatic hydroxyl groups is 1. The average Bonchev–Trinajstić information content (AvgIpc) is 2.71. The van der Waals surface area contributed by atoms with Crippen molar-refractivity contribution in [2.75, 3.05) is 19.8 Å². The van der Waals surface area contributed by atoms with Gasteiger partial charge in [0.15, 0.2) is 0 Å². The molecule has 0 aromatic heterocycles. The van der Waals surface area contributed by atoms with E-state index >= 15 is 0 Å². The summed E-state index contributed by atoms with van der Waals surface area (Å²) in [6, 6.07) is 1.06. The molecule has 1 heterocycles. The van der Waals surface area contributed by atoms with Crippen LogP contribution in [0.5, 0.6) is 0 Å². The SMILES string of the molecule is OCC1CCCCC1NC1CCOC1. The van der Waals surface area contributed by atoms with Crippen molar-refractivity contribution in [2.45, 2.75) is 44.2 Å². The van der Waals surface area contributed by atoms with Crippen molar-refractivity contribution in [2.24, 2.45) is 5.92 Å². The van der Waals surface area contributed by atoms with Crippen LogP contribution in [0.2, 0.25) is 0 Å². The molecule has 0 spiro atoms. The van der Waals surface area contributed by atoms with Crippen LogP contribution in [0.15, 0.2) is 0 Å². The second-order valence-electron chi connectivity index (χ2n) is 4.56. The van der Waals surface area contributed by atoms with E-state index in [1.807, 2.05) is 0 Å². The van der Waals surface area contributed by atoms with Gasteiger partial charge in [-0.3, -0.25) is 0 Å². The lowest BCUT2D eigenvalue weighted by atomic mass is 9.84. The van der Waals surface area contributed by atoms with Crippen LogP contribution >= 0.6 is 0 Å². The molecule has 3 atom stereocenters. The van der Waals surface area contributed by atoms with E-state index in [4.69, 9.17) is 4.74 Å². The van der Waals surface area contributed by atoms with E-state index in [0.29, 0.717) is 24.6 Å². The zero-order valence-corrected chi connectivity index (χ0v) is 8.74. The van der Waals surface area contributed by atoms with Gasteiger partial charge in [-0.2, -0.15) is 0 Å². The van der Waals surface area contributed by atoms with Gasteiger partial charge in [0.1, 0.15) is 0 Å². The van der Waals surface area contributed by atoms with Gasteiger partial charge in [0.25, 0.3) is 0 Å². The Hall–Kier alpha value is -0.120. The lowest BCUT2D eigenvalue weighted by Gasteiger charge is -2.32. The van der Waals surface area contributed by atoms with Crippen LogP contribution in [0, 0.1) is 5.92 Å². The Labute approximate surface area is 85.8 Å². The van der Waals surface area contributed by atoms with Crippen molar-refractivity contribution in [3.05, 3.63) is 0 Å². The fraction of sp³-hybridized carbons (Fsp3) is 1.00. The largest absolute Gasteiger partial charge is 0.396 e. The van der Waals surface area contributed by atoms with Crippen molar-refractivity contribution in [3.8, 4) is 0 Å². The van der Waals surface area contributed by atoms with E-state index in [-0.39, 0.29) is 0 Å². The maximum Gasteiger partial charge on any atom is 0.0620 e. The summed E-state index contributed by atoms with van der Waals surface area (Å²) in [4.78, 5) is 0. The van der Waals surface area contributed by atoms with E-state index in [1.54, 1.807) is 0 Å². The second kappa shape index (κ2) is 5.10. The number of ether oxygens (including phenoxy) is 1. The molecular formula is C11H21NO2. The van der Waals surface area contributed by atoms with Crippen molar-refractivity contribution < 1.29 is 9.84 Å². The van der Waals surface area contributed by atoms with Crippen LogP contribution in [-0.4, -0.2) is 37.0 Å². The molecule has 1 aliphatic heterocycles. The van der Waals surface area contributed by atoms with Gasteiger partial charge >= 0.3 is 0 Å². The molecular weight excluding hydrogens is 178 g/mol. The first-order valence-corrected chi connectivity index (χ1v) is 5.85. The van der Waals surface area contributed by atoms with Gasteiger partial charge < -0.3 is 15.2 Å². The predicted molar refractivity (Wildman–Crippen MR) is 55.2 cm³/mol. The summed E-state index contributed by atoms with van der Waals surface area (Å²) in [6.07, 6.45) is 6.13. The Balaban J connectivity index is 1.81. The average molecular weight is 199 g/mol. The topological polar surface area (TPSA) is 41.5 Å². The first kappa shape index (κ1) is 10.4. The molecule has 0 aromatic rings. The molecule has 14 heavy (non-hydrogen) atoms. The molecule has 82 valence electrons. The standard InChI is InChI=1S/C11H21NO2/c13-7-9-3-1-2-4-11(9)12-10-5-6-14-8-10/h9-13H,1-8H2. The van der Waals surface area contributed by atoms with Crippen molar-refractivity contribution in [1.82, 2.24) is 5.32 Å². The minimum absolute atomic E-state index is 0.339. The molecule has 2 aliphatic rings. The zero-order valence-electron chi connectivity index (χ0n) is 8.74. The molecule has 0 amide bonds. The Kier molecular flexibility index (Phi) is 3.79. The fourth-order valence-electron chi connectivity index (χ4n) is 2.61. The van der Waals surface area contributed by atoms with Crippen molar-refractivity contribution >= 4 is 0 Å². The highest BCUT2D eigenvalue weighted by Gasteiger charge is 2.27. The third-order valence-electron chi connectivity index (χ3n) is 3.52. The molecule has 3 nitrogen and oxygen atoms in total. The molecule has 1 saturated carbocycles. The smallest absolute Gasteiger partial charge is 0.0620 e. The normalized spacial score (nSPS) is 38.8. The summed E-state index contributed by atoms with van der Waals surface area (Å²) < 4.78 is 5.34. The van der Waals surface area contributed by atoms with Gasteiger partial charge in [-0.1, -0.05) is 12.8 Å². The summed E-state index contributed by atoms with van der Waals surface area (Å²) >= 11 is 0. The van der Waals surface area contributed by atoms with Gasteiger partial charge in [0.05, 0.1) is 6.61 Å². The lowest BCUT2D eigenvalue weighted by molar-refractivity contribution is 0.139. The predicted octanol–water partition coefficient (Wildman–Crippen LogP) is 0.916. The highest BCUT2D eigenvalue weighted by Crippen LogP contribution is 2.25. The van der Waals surface area contributed by atoms with E-state index in [9.17, 15) is 5.11 Å². The van der Waals surface area contributed by atoms with Crippen LogP contribution < -0.4 is 5.32 Å². The molecule has 1 saturated heterocycles. The summed E-state index contributed by atoms with van der Waals surface area (Å²) in [5.74, 6) is 0.476. The van der Waals surface area contributed by atoms with Crippen LogP contribution in [-0.2, 0) is 4.74 Å². The van der Waals surface area contributed by atoms with E-state index < -0.39 is 0 Å². The summed E-state index contributed by atoms with van der Waals surface area (Å²) in [6.45, 7) is 2.09. The number of aliphatic hydroxyl groups excluding tert-OH is 1. The van der Waals surface area contributed by atoms with Crippen molar-refractivity contribution in [3.63, 3.8) is 0 Å². The number of nitrogens with one attached hydrogen (secondary N) is 1. The molecule has 3 unspecified atom stereocenters. The lowest BCUT2D eigenvalue weighted by Crippen LogP contribution is -2.45. The molecule has 0 bridgehead atoms. The third-order valence-corrected chi connectivity index (χ3v) is 3.52. The third kappa shape index (κ3) is 2.47. The fourth-order valence-corrected chi connectivity index (χ4v) is 2.61. The summed E-state index contributed by atoms with van der Waals surface area (Å²) in [5, 5.41) is 12.9. The Bertz CT molecular complexity index is 169. The molecule has 0 aromatic carbocycles. The van der Waals surface area contributed by atoms with Crippen molar-refractivity contribution in [1.29, 1.82) is 0 Å². The quantitative estimate of drug-likeness (QED) is 0.710. The number of hydrogen-bond acceptors (Lipinski definition) is 3. The second-order valence-corrected chi connectivity index (χ2v) is 4.56. The summed E-state index contributed by atoms with van der Waals surface area (Å²) in [5.41, 5.74) is 0. The van der Waals surface area contributed by atoms with Crippen LogP contribution in [0.3, 0.4) is 0 Å². The molecule has 2 N–H and O–H groups in total. The molecule has 2 rings (SSSR count). The van der Waals surface area contributed by atoms with Gasteiger partial charge in [-0.25, -0.2) is 0 Å². The Morgan fingerprint density at radius 2 is 2.07 bits per heavy atom. The zero-order chi connectivity index (χ0) is 9.80. The van der Waals surface area contributed by atoms with E-state index in [2.05, 4.69) is 5.32 Å². The minimum atomic E-state index is 0.339. The van der Waals surface area contributed by atoms with E-state index in [1.165, 1.54) is 25.7 Å². The molecule has 0 radical (unpaired) electrons. The van der Waals surface area contributed by atoms with Crippen LogP contribution in [0.4, 0.5) is 0 Å². The van der Waals surface area contributed by atoms with Crippen LogP contribution in [0.25, 0.3) is 0 Å². The van der Waals surface area contributed by atoms with Gasteiger partial charge in [0, 0.05) is 25.3 Å². The van der Waals surface area contributed by atoms with Gasteiger partial charge in [-0.15, -0.1) is 0 Å². The molecule has 1 aliphatic carbocycles. The molecule has 3 heteroatoms. The number of hydrogen-bond donors (Lipinski definition) is 2. The first-order valence-electron chi connectivity index (χ1n) is 5.85. The highest BCUT2D eigenvalue weighted by molar-refractivity contribution is 4.84. The monoisotopic (exact) mass is 199 g/mol.